The Morgan fingerprint density at radius 3 is 1.09 bits per heavy atom. The third kappa shape index (κ3) is 12.5. The van der Waals surface area contributed by atoms with Gasteiger partial charge in [0.25, 0.3) is 0 Å². The molecular weight excluding hydrogens is 508 g/mol. The molecule has 0 aliphatic rings. The molecule has 202 valence electrons. The second-order valence-corrected chi connectivity index (χ2v) is 7.35. The van der Waals surface area contributed by atoms with Crippen molar-refractivity contribution in [2.75, 3.05) is 0 Å². The Balaban J connectivity index is 4.50. The van der Waals surface area contributed by atoms with E-state index in [1.165, 1.54) is 0 Å². The number of alkyl halides is 12. The molecule has 34 heavy (non-hydrogen) atoms. The van der Waals surface area contributed by atoms with E-state index in [4.69, 9.17) is 0 Å². The minimum absolute atomic E-state index is 0.319. The third-order valence-corrected chi connectivity index (χ3v) is 4.36. The van der Waals surface area contributed by atoms with Gasteiger partial charge in [-0.2, -0.15) is 43.9 Å². The van der Waals surface area contributed by atoms with E-state index >= 15 is 0 Å². The summed E-state index contributed by atoms with van der Waals surface area (Å²) in [6.07, 6.45) is -22.9. The van der Waals surface area contributed by atoms with Gasteiger partial charge in [-0.25, -0.2) is 28.1 Å². The first-order chi connectivity index (χ1) is 15.3. The zero-order chi connectivity index (χ0) is 26.8. The van der Waals surface area contributed by atoms with Gasteiger partial charge in [0.2, 0.25) is 0 Å². The van der Waals surface area contributed by atoms with Crippen LogP contribution < -0.4 is 0 Å². The molecule has 0 bridgehead atoms. The van der Waals surface area contributed by atoms with Crippen LogP contribution in [0.4, 0.5) is 52.7 Å². The molecule has 0 aromatic heterocycles. The Hall–Kier alpha value is -1.90. The SMILES string of the molecule is O=C(OOC(=O)C(F)(F)C(F)CCCCCC(F)(F)F)C(F)(F)C(F)CCCCCC(F)(F)F. The summed E-state index contributed by atoms with van der Waals surface area (Å²) in [5.41, 5.74) is 0. The lowest BCUT2D eigenvalue weighted by Crippen LogP contribution is -2.44. The van der Waals surface area contributed by atoms with Gasteiger partial charge in [-0.15, -0.1) is 0 Å². The third-order valence-electron chi connectivity index (χ3n) is 4.36. The molecule has 4 nitrogen and oxygen atoms in total. The predicted octanol–water partition coefficient (Wildman–Crippen LogP) is 6.96. The van der Waals surface area contributed by atoms with E-state index in [-0.39, 0.29) is 12.8 Å². The van der Waals surface area contributed by atoms with Crippen molar-refractivity contribution in [1.82, 2.24) is 0 Å². The van der Waals surface area contributed by atoms with E-state index in [0.29, 0.717) is 0 Å². The highest BCUT2D eigenvalue weighted by molar-refractivity contribution is 5.81. The molecule has 0 aromatic rings. The van der Waals surface area contributed by atoms with Crippen LogP contribution in [0.5, 0.6) is 0 Å². The number of halogens is 12. The molecule has 2 unspecified atom stereocenters. The van der Waals surface area contributed by atoms with Gasteiger partial charge < -0.3 is 0 Å². The maximum absolute atomic E-state index is 13.6. The molecule has 0 saturated carbocycles. The minimum atomic E-state index is -5.02. The molecule has 0 rings (SSSR count). The number of hydrogen-bond acceptors (Lipinski definition) is 4. The van der Waals surface area contributed by atoms with Crippen molar-refractivity contribution >= 4 is 11.9 Å². The average molecular weight is 530 g/mol. The molecule has 0 saturated heterocycles. The lowest BCUT2D eigenvalue weighted by atomic mass is 10.1. The van der Waals surface area contributed by atoms with Crippen LogP contribution in [-0.4, -0.2) is 48.5 Å². The van der Waals surface area contributed by atoms with E-state index in [2.05, 4.69) is 9.78 Å². The Morgan fingerprint density at radius 1 is 0.529 bits per heavy atom. The summed E-state index contributed by atoms with van der Waals surface area (Å²) in [5, 5.41) is 0. The first-order valence-corrected chi connectivity index (χ1v) is 9.91. The lowest BCUT2D eigenvalue weighted by Gasteiger charge is -2.20. The molecule has 16 heteroatoms. The van der Waals surface area contributed by atoms with E-state index < -0.39 is 99.8 Å². The Labute approximate surface area is 185 Å². The smallest absolute Gasteiger partial charge is 0.240 e. The molecule has 0 heterocycles. The fraction of sp³-hybridized carbons (Fsp3) is 0.889. The molecule has 0 radical (unpaired) electrons. The molecule has 0 aromatic carbocycles. The molecule has 0 N–H and O–H groups in total. The summed E-state index contributed by atoms with van der Waals surface area (Å²) in [4.78, 5) is 28.7. The predicted molar refractivity (Wildman–Crippen MR) is 90.2 cm³/mol. The molecule has 0 spiro atoms. The quantitative estimate of drug-likeness (QED) is 0.106. The van der Waals surface area contributed by atoms with Crippen molar-refractivity contribution < 1.29 is 72.0 Å². The normalized spacial score (nSPS) is 15.1. The van der Waals surface area contributed by atoms with Crippen molar-refractivity contribution in [3.63, 3.8) is 0 Å². The Morgan fingerprint density at radius 2 is 0.824 bits per heavy atom. The van der Waals surface area contributed by atoms with Crippen molar-refractivity contribution in [2.45, 2.75) is 101 Å². The molecule has 0 amide bonds. The van der Waals surface area contributed by atoms with E-state index in [1.54, 1.807) is 0 Å². The maximum atomic E-state index is 13.6. The van der Waals surface area contributed by atoms with Crippen LogP contribution >= 0.6 is 0 Å². The van der Waals surface area contributed by atoms with E-state index in [0.717, 1.165) is 0 Å². The molecule has 0 fully saturated rings. The van der Waals surface area contributed by atoms with Crippen LogP contribution in [0, 0.1) is 0 Å². The van der Waals surface area contributed by atoms with Gasteiger partial charge in [-0.3, -0.25) is 0 Å². The standard InChI is InChI=1S/C18H22F12O4/c19-11(7-3-1-5-9-15(21,22)23)17(27,28)13(31)33-34-14(32)18(29,30)12(20)8-4-2-6-10-16(24,25)26/h11-12H,1-10H2. The summed E-state index contributed by atoms with van der Waals surface area (Å²) < 4.78 is 153. The first-order valence-electron chi connectivity index (χ1n) is 9.91. The van der Waals surface area contributed by atoms with Crippen molar-refractivity contribution in [3.8, 4) is 0 Å². The van der Waals surface area contributed by atoms with Crippen LogP contribution in [0.15, 0.2) is 0 Å². The first kappa shape index (κ1) is 32.1. The second kappa shape index (κ2) is 13.3. The molecular formula is C18H22F12O4. The van der Waals surface area contributed by atoms with Crippen molar-refractivity contribution in [3.05, 3.63) is 0 Å². The van der Waals surface area contributed by atoms with Gasteiger partial charge in [0.15, 0.2) is 12.3 Å². The van der Waals surface area contributed by atoms with Gasteiger partial charge in [-0.1, -0.05) is 25.7 Å². The number of unbranched alkanes of at least 4 members (excludes halogenated alkanes) is 4. The lowest BCUT2D eigenvalue weighted by molar-refractivity contribution is -0.292. The number of hydrogen-bond donors (Lipinski definition) is 0. The Kier molecular flexibility index (Phi) is 12.5. The summed E-state index contributed by atoms with van der Waals surface area (Å²) >= 11 is 0. The zero-order valence-electron chi connectivity index (χ0n) is 17.4. The van der Waals surface area contributed by atoms with Crippen molar-refractivity contribution in [1.29, 1.82) is 0 Å². The highest BCUT2D eigenvalue weighted by atomic mass is 19.4. The maximum Gasteiger partial charge on any atom is 0.427 e. The minimum Gasteiger partial charge on any atom is -0.240 e. The van der Waals surface area contributed by atoms with Gasteiger partial charge in [0.05, 0.1) is 0 Å². The average Bonchev–Trinajstić information content (AvgIpc) is 2.68. The summed E-state index contributed by atoms with van der Waals surface area (Å²) in [6, 6.07) is 0. The zero-order valence-corrected chi connectivity index (χ0v) is 17.4. The van der Waals surface area contributed by atoms with Gasteiger partial charge in [0.1, 0.15) is 0 Å². The topological polar surface area (TPSA) is 52.6 Å². The Bertz CT molecular complexity index is 579. The summed E-state index contributed by atoms with van der Waals surface area (Å²) in [7, 11) is 0. The summed E-state index contributed by atoms with van der Waals surface area (Å²) in [6.45, 7) is 0. The molecule has 2 atom stereocenters. The van der Waals surface area contributed by atoms with Gasteiger partial charge >= 0.3 is 36.1 Å². The van der Waals surface area contributed by atoms with Crippen molar-refractivity contribution in [2.24, 2.45) is 0 Å². The van der Waals surface area contributed by atoms with Gasteiger partial charge in [-0.05, 0) is 25.7 Å². The summed E-state index contributed by atoms with van der Waals surface area (Å²) in [5.74, 6) is -15.9. The van der Waals surface area contributed by atoms with Gasteiger partial charge in [0, 0.05) is 12.8 Å². The fourth-order valence-corrected chi connectivity index (χ4v) is 2.46. The fourth-order valence-electron chi connectivity index (χ4n) is 2.46. The highest BCUT2D eigenvalue weighted by Gasteiger charge is 2.54. The molecule has 0 aliphatic carbocycles. The van der Waals surface area contributed by atoms with E-state index in [9.17, 15) is 62.3 Å². The van der Waals surface area contributed by atoms with Crippen LogP contribution in [-0.2, 0) is 19.4 Å². The molecule has 0 aliphatic heterocycles. The number of carbonyl (C=O) groups excluding carboxylic acids is 2. The largest absolute Gasteiger partial charge is 0.427 e. The van der Waals surface area contributed by atoms with Crippen LogP contribution in [0.25, 0.3) is 0 Å². The van der Waals surface area contributed by atoms with Crippen LogP contribution in [0.2, 0.25) is 0 Å². The van der Waals surface area contributed by atoms with Crippen LogP contribution in [0.3, 0.4) is 0 Å². The number of rotatable bonds is 14. The van der Waals surface area contributed by atoms with Crippen LogP contribution in [0.1, 0.15) is 64.2 Å². The monoisotopic (exact) mass is 530 g/mol. The van der Waals surface area contributed by atoms with E-state index in [1.807, 2.05) is 0 Å². The highest BCUT2D eigenvalue weighted by Crippen LogP contribution is 2.31. The number of carbonyl (C=O) groups is 2. The second-order valence-electron chi connectivity index (χ2n) is 7.35.